The minimum atomic E-state index is 0.270. The predicted molar refractivity (Wildman–Crippen MR) is 126 cm³/mol. The van der Waals surface area contributed by atoms with Crippen molar-refractivity contribution in [2.75, 3.05) is 26.1 Å². The van der Waals surface area contributed by atoms with Gasteiger partial charge in [-0.15, -0.1) is 0 Å². The fraction of sp³-hybridized carbons (Fsp3) is 0.348. The predicted octanol–water partition coefficient (Wildman–Crippen LogP) is 5.94. The van der Waals surface area contributed by atoms with Crippen LogP contribution in [-0.4, -0.2) is 36.4 Å². The molecule has 6 nitrogen and oxygen atoms in total. The quantitative estimate of drug-likeness (QED) is 0.378. The van der Waals surface area contributed by atoms with Crippen molar-refractivity contribution >= 4 is 38.4 Å². The molecule has 0 spiro atoms. The average molecular weight is 471 g/mol. The number of methoxy groups -OCH3 is 2. The van der Waals surface area contributed by atoms with Gasteiger partial charge in [-0.05, 0) is 43.9 Å². The topological polar surface area (TPSA) is 80.1 Å². The van der Waals surface area contributed by atoms with E-state index in [2.05, 4.69) is 28.2 Å². The van der Waals surface area contributed by atoms with E-state index in [1.165, 1.54) is 0 Å². The van der Waals surface area contributed by atoms with E-state index in [0.717, 1.165) is 46.1 Å². The lowest BCUT2D eigenvalue weighted by Crippen LogP contribution is -2.15. The van der Waals surface area contributed by atoms with Crippen LogP contribution in [0.2, 0.25) is 0 Å². The molecule has 30 heavy (non-hydrogen) atoms. The Labute approximate surface area is 185 Å². The summed E-state index contributed by atoms with van der Waals surface area (Å²) in [5.41, 5.74) is 2.42. The second-order valence-corrected chi connectivity index (χ2v) is 8.05. The van der Waals surface area contributed by atoms with Gasteiger partial charge in [0.15, 0.2) is 17.3 Å². The van der Waals surface area contributed by atoms with Crippen molar-refractivity contribution in [1.82, 2.24) is 9.97 Å². The summed E-state index contributed by atoms with van der Waals surface area (Å²) in [5, 5.41) is 12.3. The molecular weight excluding hydrogens is 444 g/mol. The molecule has 2 aromatic carbocycles. The van der Waals surface area contributed by atoms with E-state index in [0.29, 0.717) is 23.0 Å². The van der Waals surface area contributed by atoms with Crippen LogP contribution in [0.5, 0.6) is 11.5 Å². The highest BCUT2D eigenvalue weighted by atomic mass is 79.9. The van der Waals surface area contributed by atoms with Gasteiger partial charge in [0.2, 0.25) is 0 Å². The molecule has 3 rings (SSSR count). The van der Waals surface area contributed by atoms with Crippen molar-refractivity contribution in [3.63, 3.8) is 0 Å². The third-order valence-corrected chi connectivity index (χ3v) is 5.72. The molecule has 0 saturated carbocycles. The monoisotopic (exact) mass is 470 g/mol. The summed E-state index contributed by atoms with van der Waals surface area (Å²) < 4.78 is 11.9. The molecule has 0 saturated heterocycles. The van der Waals surface area contributed by atoms with E-state index >= 15 is 0 Å². The highest BCUT2D eigenvalue weighted by molar-refractivity contribution is 9.10. The summed E-state index contributed by atoms with van der Waals surface area (Å²) in [6, 6.07) is 11.7. The van der Waals surface area contributed by atoms with Crippen LogP contribution >= 0.6 is 15.9 Å². The Morgan fingerprint density at radius 2 is 1.77 bits per heavy atom. The molecule has 1 heterocycles. The molecule has 0 radical (unpaired) electrons. The first-order valence-corrected chi connectivity index (χ1v) is 10.7. The lowest BCUT2D eigenvalue weighted by molar-refractivity contribution is 0.356. The summed E-state index contributed by atoms with van der Waals surface area (Å²) in [4.78, 5) is 9.58. The van der Waals surface area contributed by atoms with Crippen molar-refractivity contribution in [2.24, 2.45) is 5.92 Å². The van der Waals surface area contributed by atoms with Crippen LogP contribution in [0.25, 0.3) is 22.3 Å². The van der Waals surface area contributed by atoms with E-state index in [1.807, 2.05) is 43.3 Å². The van der Waals surface area contributed by atoms with Crippen molar-refractivity contribution in [1.29, 1.82) is 5.41 Å². The molecular formula is C23H27BrN4O2. The molecule has 7 heteroatoms. The number of rotatable bonds is 9. The van der Waals surface area contributed by atoms with Crippen LogP contribution in [0.3, 0.4) is 0 Å². The normalized spacial score (nSPS) is 11.9. The summed E-state index contributed by atoms with van der Waals surface area (Å²) in [7, 11) is 3.23. The molecule has 2 N–H and O–H groups in total. The van der Waals surface area contributed by atoms with E-state index in [1.54, 1.807) is 14.2 Å². The first kappa shape index (κ1) is 22.0. The van der Waals surface area contributed by atoms with Gasteiger partial charge in [-0.25, -0.2) is 9.97 Å². The second kappa shape index (κ2) is 9.89. The van der Waals surface area contributed by atoms with E-state index < -0.39 is 0 Å². The van der Waals surface area contributed by atoms with Crippen LogP contribution in [0, 0.1) is 11.3 Å². The number of hydrogen-bond donors (Lipinski definition) is 2. The van der Waals surface area contributed by atoms with Gasteiger partial charge >= 0.3 is 0 Å². The number of ether oxygens (including phenoxy) is 2. The molecule has 0 amide bonds. The van der Waals surface area contributed by atoms with Crippen molar-refractivity contribution in [3.05, 3.63) is 40.9 Å². The number of aromatic nitrogens is 2. The Bertz CT molecular complexity index is 1040. The van der Waals surface area contributed by atoms with Gasteiger partial charge in [-0.2, -0.15) is 0 Å². The van der Waals surface area contributed by atoms with Gasteiger partial charge < -0.3 is 20.2 Å². The maximum Gasteiger partial charge on any atom is 0.162 e. The number of anilines is 1. The number of nitrogens with one attached hydrogen (secondary N) is 2. The summed E-state index contributed by atoms with van der Waals surface area (Å²) in [6.07, 6.45) is 1.83. The zero-order chi connectivity index (χ0) is 21.7. The van der Waals surface area contributed by atoms with Gasteiger partial charge in [0.1, 0.15) is 5.82 Å². The van der Waals surface area contributed by atoms with Gasteiger partial charge in [-0.1, -0.05) is 35.0 Å². The fourth-order valence-electron chi connectivity index (χ4n) is 3.41. The molecule has 1 aromatic heterocycles. The number of benzene rings is 2. The lowest BCUT2D eigenvalue weighted by Gasteiger charge is -2.16. The van der Waals surface area contributed by atoms with Crippen molar-refractivity contribution in [3.8, 4) is 22.9 Å². The average Bonchev–Trinajstić information content (AvgIpc) is 2.75. The first-order valence-electron chi connectivity index (χ1n) is 9.95. The zero-order valence-corrected chi connectivity index (χ0v) is 19.3. The molecule has 0 fully saturated rings. The SMILES string of the molecule is CCC(CCNc1nc(-c2ccc(Br)cc2)nc2cc(OC)c(OC)cc12)C(C)=N. The third-order valence-electron chi connectivity index (χ3n) is 5.19. The van der Waals surface area contributed by atoms with E-state index in [-0.39, 0.29) is 5.92 Å². The Hall–Kier alpha value is -2.67. The Kier molecular flexibility index (Phi) is 7.26. The molecule has 0 aliphatic rings. The molecule has 0 aliphatic carbocycles. The first-order chi connectivity index (χ1) is 14.5. The molecule has 0 bridgehead atoms. The Morgan fingerprint density at radius 1 is 1.10 bits per heavy atom. The summed E-state index contributed by atoms with van der Waals surface area (Å²) in [6.45, 7) is 4.71. The van der Waals surface area contributed by atoms with Gasteiger partial charge in [-0.3, -0.25) is 0 Å². The van der Waals surface area contributed by atoms with Crippen LogP contribution in [0.15, 0.2) is 40.9 Å². The number of nitrogens with zero attached hydrogens (tertiary/aromatic N) is 2. The highest BCUT2D eigenvalue weighted by Crippen LogP contribution is 2.35. The van der Waals surface area contributed by atoms with Crippen molar-refractivity contribution < 1.29 is 9.47 Å². The van der Waals surface area contributed by atoms with Crippen molar-refractivity contribution in [2.45, 2.75) is 26.7 Å². The minimum absolute atomic E-state index is 0.270. The molecule has 1 atom stereocenters. The third kappa shape index (κ3) is 4.90. The molecule has 1 unspecified atom stereocenters. The largest absolute Gasteiger partial charge is 0.493 e. The standard InChI is InChI=1S/C23H27BrN4O2/c1-5-15(14(2)25)10-11-26-23-18-12-20(29-3)21(30-4)13-19(18)27-22(28-23)16-6-8-17(24)9-7-16/h6-9,12-13,15,25H,5,10-11H2,1-4H3,(H,26,27,28). The van der Waals surface area contributed by atoms with Gasteiger partial charge in [0.05, 0.1) is 19.7 Å². The summed E-state index contributed by atoms with van der Waals surface area (Å²) >= 11 is 3.47. The Morgan fingerprint density at radius 3 is 2.37 bits per heavy atom. The van der Waals surface area contributed by atoms with Crippen LogP contribution in [0.1, 0.15) is 26.7 Å². The number of hydrogen-bond acceptors (Lipinski definition) is 6. The van der Waals surface area contributed by atoms with Crippen LogP contribution in [0.4, 0.5) is 5.82 Å². The van der Waals surface area contributed by atoms with E-state index in [9.17, 15) is 0 Å². The fourth-order valence-corrected chi connectivity index (χ4v) is 3.67. The lowest BCUT2D eigenvalue weighted by atomic mass is 9.98. The van der Waals surface area contributed by atoms with Gasteiger partial charge in [0.25, 0.3) is 0 Å². The molecule has 158 valence electrons. The van der Waals surface area contributed by atoms with Crippen LogP contribution in [-0.2, 0) is 0 Å². The zero-order valence-electron chi connectivity index (χ0n) is 17.8. The minimum Gasteiger partial charge on any atom is -0.493 e. The number of fused-ring (bicyclic) bond motifs is 1. The second-order valence-electron chi connectivity index (χ2n) is 7.13. The highest BCUT2D eigenvalue weighted by Gasteiger charge is 2.15. The van der Waals surface area contributed by atoms with Crippen LogP contribution < -0.4 is 14.8 Å². The summed E-state index contributed by atoms with van der Waals surface area (Å²) in [5.74, 6) is 2.92. The van der Waals surface area contributed by atoms with E-state index in [4.69, 9.17) is 24.9 Å². The maximum atomic E-state index is 7.94. The van der Waals surface area contributed by atoms with Gasteiger partial charge in [0, 0.05) is 33.7 Å². The molecule has 0 aliphatic heterocycles. The smallest absolute Gasteiger partial charge is 0.162 e. The Balaban J connectivity index is 2.04. The number of halogens is 1. The molecule has 3 aromatic rings. The maximum absolute atomic E-state index is 7.94.